The van der Waals surface area contributed by atoms with Gasteiger partial charge in [-0.25, -0.2) is 8.42 Å². The van der Waals surface area contributed by atoms with Gasteiger partial charge >= 0.3 is 0 Å². The van der Waals surface area contributed by atoms with Gasteiger partial charge in [-0.05, 0) is 69.4 Å². The summed E-state index contributed by atoms with van der Waals surface area (Å²) in [5, 5.41) is 2.93. The van der Waals surface area contributed by atoms with Crippen molar-refractivity contribution in [2.24, 2.45) is 0 Å². The second-order valence-corrected chi connectivity index (χ2v) is 10.8. The van der Waals surface area contributed by atoms with Crippen LogP contribution in [0.2, 0.25) is 0 Å². The molecule has 7 nitrogen and oxygen atoms in total. The van der Waals surface area contributed by atoms with Crippen molar-refractivity contribution in [3.63, 3.8) is 0 Å². The predicted octanol–water partition coefficient (Wildman–Crippen LogP) is 3.44. The smallest absolute Gasteiger partial charge is 0.244 e. The molecule has 1 N–H and O–H groups in total. The molecule has 2 amide bonds. The van der Waals surface area contributed by atoms with Crippen molar-refractivity contribution in [2.75, 3.05) is 23.7 Å². The standard InChI is InChI=1S/C26H37N3O4S/c1-7-21(4)27-26(31)22(5)28(16-15-23-11-9-8-10-12-23)25(30)18-29(34(6,32)33)24-14-13-19(2)20(3)17-24/h8-14,17,21-22H,7,15-16,18H2,1-6H3,(H,27,31). The molecule has 0 bridgehead atoms. The Bertz CT molecular complexity index is 1090. The zero-order valence-electron chi connectivity index (χ0n) is 21.0. The molecule has 0 radical (unpaired) electrons. The molecule has 8 heteroatoms. The number of benzene rings is 2. The highest BCUT2D eigenvalue weighted by Gasteiger charge is 2.30. The fourth-order valence-electron chi connectivity index (χ4n) is 3.53. The van der Waals surface area contributed by atoms with E-state index in [2.05, 4.69) is 5.32 Å². The Kier molecular flexibility index (Phi) is 9.67. The summed E-state index contributed by atoms with van der Waals surface area (Å²) in [6, 6.07) is 14.2. The van der Waals surface area contributed by atoms with Gasteiger partial charge in [-0.3, -0.25) is 13.9 Å². The van der Waals surface area contributed by atoms with E-state index in [9.17, 15) is 18.0 Å². The second-order valence-electron chi connectivity index (χ2n) is 8.85. The molecule has 0 heterocycles. The molecule has 34 heavy (non-hydrogen) atoms. The van der Waals surface area contributed by atoms with Crippen LogP contribution < -0.4 is 9.62 Å². The molecule has 0 aliphatic rings. The first-order chi connectivity index (χ1) is 15.9. The van der Waals surface area contributed by atoms with E-state index in [0.717, 1.165) is 33.7 Å². The van der Waals surface area contributed by atoms with Gasteiger partial charge in [0, 0.05) is 12.6 Å². The molecule has 186 valence electrons. The van der Waals surface area contributed by atoms with Crippen LogP contribution in [-0.4, -0.2) is 56.6 Å². The summed E-state index contributed by atoms with van der Waals surface area (Å²) >= 11 is 0. The molecule has 0 saturated carbocycles. The van der Waals surface area contributed by atoms with Gasteiger partial charge in [0.15, 0.2) is 0 Å². The highest BCUT2D eigenvalue weighted by atomic mass is 32.2. The van der Waals surface area contributed by atoms with E-state index in [-0.39, 0.29) is 18.5 Å². The number of rotatable bonds is 11. The summed E-state index contributed by atoms with van der Waals surface area (Å²) in [7, 11) is -3.73. The van der Waals surface area contributed by atoms with Crippen LogP contribution in [0, 0.1) is 13.8 Å². The minimum Gasteiger partial charge on any atom is -0.352 e. The third kappa shape index (κ3) is 7.58. The molecule has 2 rings (SSSR count). The molecule has 0 saturated heterocycles. The Morgan fingerprint density at radius 2 is 1.65 bits per heavy atom. The minimum atomic E-state index is -3.73. The molecule has 2 aromatic rings. The Hall–Kier alpha value is -2.87. The molecule has 2 unspecified atom stereocenters. The van der Waals surface area contributed by atoms with E-state index in [0.29, 0.717) is 18.7 Å². The van der Waals surface area contributed by atoms with E-state index >= 15 is 0 Å². The van der Waals surface area contributed by atoms with Crippen molar-refractivity contribution in [1.82, 2.24) is 10.2 Å². The van der Waals surface area contributed by atoms with Crippen LogP contribution in [0.15, 0.2) is 48.5 Å². The van der Waals surface area contributed by atoms with Crippen molar-refractivity contribution in [2.45, 2.75) is 59.5 Å². The Morgan fingerprint density at radius 3 is 2.21 bits per heavy atom. The third-order valence-corrected chi connectivity index (χ3v) is 7.25. The Labute approximate surface area is 204 Å². The second kappa shape index (κ2) is 12.0. The number of hydrogen-bond donors (Lipinski definition) is 1. The molecular formula is C26H37N3O4S. The zero-order chi connectivity index (χ0) is 25.5. The van der Waals surface area contributed by atoms with Crippen molar-refractivity contribution in [1.29, 1.82) is 0 Å². The minimum absolute atomic E-state index is 0.0240. The highest BCUT2D eigenvalue weighted by Crippen LogP contribution is 2.22. The lowest BCUT2D eigenvalue weighted by atomic mass is 10.1. The van der Waals surface area contributed by atoms with Crippen LogP contribution in [-0.2, 0) is 26.0 Å². The summed E-state index contributed by atoms with van der Waals surface area (Å²) < 4.78 is 26.4. The fourth-order valence-corrected chi connectivity index (χ4v) is 4.37. The normalized spacial score (nSPS) is 13.1. The van der Waals surface area contributed by atoms with E-state index < -0.39 is 22.0 Å². The van der Waals surface area contributed by atoms with Gasteiger partial charge < -0.3 is 10.2 Å². The van der Waals surface area contributed by atoms with Crippen molar-refractivity contribution in [3.8, 4) is 0 Å². The summed E-state index contributed by atoms with van der Waals surface area (Å²) in [6.45, 7) is 9.32. The summed E-state index contributed by atoms with van der Waals surface area (Å²) in [4.78, 5) is 27.8. The molecule has 0 aromatic heterocycles. The topological polar surface area (TPSA) is 86.8 Å². The Balaban J connectivity index is 2.33. The van der Waals surface area contributed by atoms with Crippen LogP contribution in [0.25, 0.3) is 0 Å². The summed E-state index contributed by atoms with van der Waals surface area (Å²) in [5.41, 5.74) is 3.42. The summed E-state index contributed by atoms with van der Waals surface area (Å²) in [6.07, 6.45) is 2.41. The fraction of sp³-hybridized carbons (Fsp3) is 0.462. The van der Waals surface area contributed by atoms with Crippen molar-refractivity contribution >= 4 is 27.5 Å². The molecule has 0 spiro atoms. The first-order valence-corrected chi connectivity index (χ1v) is 13.5. The molecule has 0 aliphatic carbocycles. The number of sulfonamides is 1. The van der Waals surface area contributed by atoms with Gasteiger partial charge in [-0.2, -0.15) is 0 Å². The average molecular weight is 488 g/mol. The van der Waals surface area contributed by atoms with E-state index in [1.807, 2.05) is 64.1 Å². The van der Waals surface area contributed by atoms with Crippen molar-refractivity contribution in [3.05, 3.63) is 65.2 Å². The molecule has 2 aromatic carbocycles. The van der Waals surface area contributed by atoms with Crippen LogP contribution in [0.4, 0.5) is 5.69 Å². The number of amides is 2. The van der Waals surface area contributed by atoms with Crippen molar-refractivity contribution < 1.29 is 18.0 Å². The number of carbonyl (C=O) groups is 2. The maximum atomic E-state index is 13.5. The number of nitrogens with one attached hydrogen (secondary N) is 1. The van der Waals surface area contributed by atoms with E-state index in [1.165, 1.54) is 4.90 Å². The molecule has 0 aliphatic heterocycles. The van der Waals surface area contributed by atoms with Gasteiger partial charge in [-0.15, -0.1) is 0 Å². The summed E-state index contributed by atoms with van der Waals surface area (Å²) in [5.74, 6) is -0.681. The van der Waals surface area contributed by atoms with Gasteiger partial charge in [0.25, 0.3) is 0 Å². The Morgan fingerprint density at radius 1 is 1.00 bits per heavy atom. The molecular weight excluding hydrogens is 450 g/mol. The van der Waals surface area contributed by atoms with E-state index in [4.69, 9.17) is 0 Å². The monoisotopic (exact) mass is 487 g/mol. The average Bonchev–Trinajstić information content (AvgIpc) is 2.79. The maximum Gasteiger partial charge on any atom is 0.244 e. The highest BCUT2D eigenvalue weighted by molar-refractivity contribution is 7.92. The quantitative estimate of drug-likeness (QED) is 0.526. The van der Waals surface area contributed by atoms with Gasteiger partial charge in [0.2, 0.25) is 21.8 Å². The first kappa shape index (κ1) is 27.4. The first-order valence-electron chi connectivity index (χ1n) is 11.6. The van der Waals surface area contributed by atoms with Gasteiger partial charge in [-0.1, -0.05) is 43.3 Å². The number of hydrogen-bond acceptors (Lipinski definition) is 4. The van der Waals surface area contributed by atoms with Gasteiger partial charge in [0.05, 0.1) is 11.9 Å². The maximum absolute atomic E-state index is 13.5. The van der Waals surface area contributed by atoms with E-state index in [1.54, 1.807) is 19.1 Å². The van der Waals surface area contributed by atoms with Gasteiger partial charge in [0.1, 0.15) is 12.6 Å². The molecule has 2 atom stereocenters. The SMILES string of the molecule is CCC(C)NC(=O)C(C)N(CCc1ccccc1)C(=O)CN(c1ccc(C)c(C)c1)S(C)(=O)=O. The number of carbonyl (C=O) groups excluding carboxylic acids is 2. The third-order valence-electron chi connectivity index (χ3n) is 6.11. The largest absolute Gasteiger partial charge is 0.352 e. The van der Waals surface area contributed by atoms with Crippen LogP contribution in [0.1, 0.15) is 43.9 Å². The zero-order valence-corrected chi connectivity index (χ0v) is 21.9. The molecule has 0 fully saturated rings. The number of aryl methyl sites for hydroxylation is 2. The van der Waals surface area contributed by atoms with Crippen LogP contribution >= 0.6 is 0 Å². The number of nitrogens with zero attached hydrogens (tertiary/aromatic N) is 2. The van der Waals surface area contributed by atoms with Crippen LogP contribution in [0.5, 0.6) is 0 Å². The van der Waals surface area contributed by atoms with Crippen LogP contribution in [0.3, 0.4) is 0 Å². The number of anilines is 1. The lowest BCUT2D eigenvalue weighted by molar-refractivity contribution is -0.139. The predicted molar refractivity (Wildman–Crippen MR) is 137 cm³/mol. The lowest BCUT2D eigenvalue weighted by Crippen LogP contribution is -2.53. The lowest BCUT2D eigenvalue weighted by Gasteiger charge is -2.32.